The molecule has 3 rings (SSSR count). The molecule has 5 atom stereocenters. The summed E-state index contributed by atoms with van der Waals surface area (Å²) in [4.78, 5) is 24.8. The van der Waals surface area contributed by atoms with E-state index in [9.17, 15) is 9.59 Å². The molecule has 0 aliphatic carbocycles. The van der Waals surface area contributed by atoms with Crippen LogP contribution in [0.2, 0.25) is 0 Å². The summed E-state index contributed by atoms with van der Waals surface area (Å²) in [6, 6.07) is 2.39. The number of piperidine rings is 2. The van der Waals surface area contributed by atoms with Gasteiger partial charge in [0.15, 0.2) is 0 Å². The molecule has 0 spiro atoms. The van der Waals surface area contributed by atoms with Crippen LogP contribution >= 0.6 is 11.6 Å². The predicted molar refractivity (Wildman–Crippen MR) is 98.1 cm³/mol. The Kier molecular flexibility index (Phi) is 6.17. The molecule has 8 heteroatoms. The van der Waals surface area contributed by atoms with Crippen LogP contribution in [-0.2, 0) is 9.59 Å². The molecule has 0 aromatic rings. The summed E-state index contributed by atoms with van der Waals surface area (Å²) in [5.74, 6) is -0.340. The molecular formula is C18H26ClN5O2. The van der Waals surface area contributed by atoms with Crippen LogP contribution in [0.25, 0.3) is 0 Å². The Balaban J connectivity index is 1.57. The molecule has 2 saturated heterocycles. The van der Waals surface area contributed by atoms with Crippen LogP contribution in [0.3, 0.4) is 0 Å². The van der Waals surface area contributed by atoms with E-state index in [4.69, 9.17) is 16.9 Å². The number of fused-ring (bicyclic) bond motifs is 1. The standard InChI is InChI=1S/C18H26ClN5O2/c1-10(14-3-2-11(7-20)8-22-14)23-16(25)6-12-17(19)13-9-21-5-4-15(13)24-18(12)26/h10-11,13-15,21-22H,2-6,8-9H2,1H3,(H,23,25)(H,24,26). The van der Waals surface area contributed by atoms with Crippen molar-refractivity contribution in [2.24, 2.45) is 11.8 Å². The highest BCUT2D eigenvalue weighted by atomic mass is 35.5. The van der Waals surface area contributed by atoms with Crippen molar-refractivity contribution < 1.29 is 9.59 Å². The third-order valence-electron chi connectivity index (χ3n) is 5.65. The molecule has 0 bridgehead atoms. The molecule has 3 heterocycles. The summed E-state index contributed by atoms with van der Waals surface area (Å²) >= 11 is 6.47. The summed E-state index contributed by atoms with van der Waals surface area (Å²) in [7, 11) is 0. The molecular weight excluding hydrogens is 354 g/mol. The number of carbonyl (C=O) groups excluding carboxylic acids is 2. The van der Waals surface area contributed by atoms with Crippen molar-refractivity contribution in [1.29, 1.82) is 5.26 Å². The van der Waals surface area contributed by atoms with E-state index >= 15 is 0 Å². The van der Waals surface area contributed by atoms with Gasteiger partial charge >= 0.3 is 0 Å². The van der Waals surface area contributed by atoms with Gasteiger partial charge in [0.2, 0.25) is 11.8 Å². The van der Waals surface area contributed by atoms with Crippen molar-refractivity contribution in [2.75, 3.05) is 19.6 Å². The highest BCUT2D eigenvalue weighted by Crippen LogP contribution is 2.31. The lowest BCUT2D eigenvalue weighted by Crippen LogP contribution is -2.54. The van der Waals surface area contributed by atoms with E-state index < -0.39 is 0 Å². The fourth-order valence-electron chi connectivity index (χ4n) is 4.03. The molecule has 3 aliphatic rings. The molecule has 2 amide bonds. The maximum Gasteiger partial charge on any atom is 0.249 e. The zero-order chi connectivity index (χ0) is 18.7. The second kappa shape index (κ2) is 8.38. The van der Waals surface area contributed by atoms with E-state index in [2.05, 4.69) is 27.3 Å². The Morgan fingerprint density at radius 2 is 2.19 bits per heavy atom. The minimum atomic E-state index is -0.228. The van der Waals surface area contributed by atoms with Crippen molar-refractivity contribution in [2.45, 2.75) is 50.7 Å². The lowest BCUT2D eigenvalue weighted by atomic mass is 9.86. The number of nitrogens with one attached hydrogen (secondary N) is 4. The minimum absolute atomic E-state index is 0.00817. The van der Waals surface area contributed by atoms with Crippen molar-refractivity contribution in [3.63, 3.8) is 0 Å². The van der Waals surface area contributed by atoms with Crippen LogP contribution in [0.1, 0.15) is 32.6 Å². The van der Waals surface area contributed by atoms with E-state index in [0.29, 0.717) is 17.2 Å². The van der Waals surface area contributed by atoms with Gasteiger partial charge in [-0.15, -0.1) is 0 Å². The quantitative estimate of drug-likeness (QED) is 0.565. The van der Waals surface area contributed by atoms with Gasteiger partial charge in [0.05, 0.1) is 18.4 Å². The fraction of sp³-hybridized carbons (Fsp3) is 0.722. The van der Waals surface area contributed by atoms with Crippen molar-refractivity contribution >= 4 is 23.4 Å². The monoisotopic (exact) mass is 379 g/mol. The number of amides is 2. The molecule has 4 N–H and O–H groups in total. The number of nitrogens with zero attached hydrogens (tertiary/aromatic N) is 1. The number of rotatable bonds is 4. The Hall–Kier alpha value is -1.62. The predicted octanol–water partition coefficient (Wildman–Crippen LogP) is 0.374. The Labute approximate surface area is 158 Å². The highest BCUT2D eigenvalue weighted by Gasteiger charge is 2.37. The summed E-state index contributed by atoms with van der Waals surface area (Å²) in [6.45, 7) is 4.18. The first-order valence-electron chi connectivity index (χ1n) is 9.32. The van der Waals surface area contributed by atoms with Crippen LogP contribution < -0.4 is 21.3 Å². The van der Waals surface area contributed by atoms with Crippen molar-refractivity contribution in [3.8, 4) is 6.07 Å². The average molecular weight is 380 g/mol. The number of carbonyl (C=O) groups is 2. The molecule has 3 aliphatic heterocycles. The smallest absolute Gasteiger partial charge is 0.249 e. The van der Waals surface area contributed by atoms with Gasteiger partial charge in [-0.25, -0.2) is 0 Å². The van der Waals surface area contributed by atoms with Gasteiger partial charge in [-0.05, 0) is 32.7 Å². The van der Waals surface area contributed by atoms with Gasteiger partial charge in [-0.2, -0.15) is 5.26 Å². The molecule has 0 radical (unpaired) electrons. The van der Waals surface area contributed by atoms with Gasteiger partial charge < -0.3 is 21.3 Å². The molecule has 26 heavy (non-hydrogen) atoms. The third-order valence-corrected chi connectivity index (χ3v) is 6.16. The Morgan fingerprint density at radius 1 is 1.38 bits per heavy atom. The lowest BCUT2D eigenvalue weighted by molar-refractivity contribution is -0.124. The van der Waals surface area contributed by atoms with E-state index in [0.717, 1.165) is 32.4 Å². The molecule has 5 unspecified atom stereocenters. The normalized spacial score (nSPS) is 32.9. The maximum atomic E-state index is 12.5. The van der Waals surface area contributed by atoms with Crippen LogP contribution in [0.15, 0.2) is 10.6 Å². The van der Waals surface area contributed by atoms with E-state index in [-0.39, 0.29) is 48.2 Å². The SMILES string of the molecule is CC(NC(=O)CC1=C(Cl)C2CNCCC2NC1=O)C1CCC(C#N)CN1. The molecule has 2 fully saturated rings. The fourth-order valence-corrected chi connectivity index (χ4v) is 4.41. The topological polar surface area (TPSA) is 106 Å². The first kappa shape index (κ1) is 19.2. The first-order chi connectivity index (χ1) is 12.5. The summed E-state index contributed by atoms with van der Waals surface area (Å²) in [5, 5.41) is 22.0. The molecule has 0 aromatic carbocycles. The molecule has 7 nitrogen and oxygen atoms in total. The van der Waals surface area contributed by atoms with Crippen LogP contribution in [-0.4, -0.2) is 49.6 Å². The van der Waals surface area contributed by atoms with Gasteiger partial charge in [0.1, 0.15) is 0 Å². The average Bonchev–Trinajstić information content (AvgIpc) is 2.65. The number of nitriles is 1. The molecule has 142 valence electrons. The minimum Gasteiger partial charge on any atom is -0.352 e. The zero-order valence-electron chi connectivity index (χ0n) is 15.0. The second-order valence-electron chi connectivity index (χ2n) is 7.46. The van der Waals surface area contributed by atoms with E-state index in [1.54, 1.807) is 0 Å². The summed E-state index contributed by atoms with van der Waals surface area (Å²) in [6.07, 6.45) is 2.52. The van der Waals surface area contributed by atoms with Crippen molar-refractivity contribution in [3.05, 3.63) is 10.6 Å². The third kappa shape index (κ3) is 4.20. The number of hydrogen-bond acceptors (Lipinski definition) is 5. The largest absolute Gasteiger partial charge is 0.352 e. The number of hydrogen-bond donors (Lipinski definition) is 4. The van der Waals surface area contributed by atoms with Gasteiger partial charge in [-0.3, -0.25) is 9.59 Å². The van der Waals surface area contributed by atoms with Crippen LogP contribution in [0.5, 0.6) is 0 Å². The lowest BCUT2D eigenvalue weighted by Gasteiger charge is -2.37. The van der Waals surface area contributed by atoms with E-state index in [1.807, 2.05) is 6.92 Å². The van der Waals surface area contributed by atoms with Crippen molar-refractivity contribution in [1.82, 2.24) is 21.3 Å². The van der Waals surface area contributed by atoms with Gasteiger partial charge in [-0.1, -0.05) is 11.6 Å². The molecule has 0 saturated carbocycles. The number of halogens is 1. The molecule has 0 aromatic heterocycles. The summed E-state index contributed by atoms with van der Waals surface area (Å²) in [5.41, 5.74) is 0.377. The first-order valence-corrected chi connectivity index (χ1v) is 9.70. The maximum absolute atomic E-state index is 12.5. The van der Waals surface area contributed by atoms with Gasteiger partial charge in [0.25, 0.3) is 0 Å². The van der Waals surface area contributed by atoms with E-state index in [1.165, 1.54) is 0 Å². The Bertz CT molecular complexity index is 636. The van der Waals surface area contributed by atoms with Crippen LogP contribution in [0, 0.1) is 23.2 Å². The zero-order valence-corrected chi connectivity index (χ0v) is 15.7. The highest BCUT2D eigenvalue weighted by molar-refractivity contribution is 6.33. The van der Waals surface area contributed by atoms with Gasteiger partial charge in [0, 0.05) is 47.7 Å². The van der Waals surface area contributed by atoms with Crippen LogP contribution in [0.4, 0.5) is 0 Å². The second-order valence-corrected chi connectivity index (χ2v) is 7.86. The summed E-state index contributed by atoms with van der Waals surface area (Å²) < 4.78 is 0. The Morgan fingerprint density at radius 3 is 2.88 bits per heavy atom.